The molecule has 0 bridgehead atoms. The Labute approximate surface area is 84.1 Å². The minimum absolute atomic E-state index is 0.453. The van der Waals surface area contributed by atoms with Gasteiger partial charge in [-0.05, 0) is 32.9 Å². The average Bonchev–Trinajstić information content (AvgIpc) is 2.03. The topological polar surface area (TPSA) is 65.2 Å². The molecule has 1 rings (SSSR count). The van der Waals surface area contributed by atoms with Crippen molar-refractivity contribution in [2.24, 2.45) is 5.73 Å². The molecule has 0 radical (unpaired) electrons. The number of rotatable bonds is 0. The Balaban J connectivity index is 0.000000249. The summed E-state index contributed by atoms with van der Waals surface area (Å²) in [7, 11) is 0. The lowest BCUT2D eigenvalue weighted by Gasteiger charge is -2.16. The SMILES string of the molecule is CC(C)(C)OC(N)=O.c1ccncc1. The summed E-state index contributed by atoms with van der Waals surface area (Å²) in [5, 5.41) is 0. The Hall–Kier alpha value is -1.58. The van der Waals surface area contributed by atoms with Crippen LogP contribution >= 0.6 is 0 Å². The predicted octanol–water partition coefficient (Wildman–Crippen LogP) is 1.96. The number of nitrogens with two attached hydrogens (primary N) is 1. The lowest BCUT2D eigenvalue weighted by Crippen LogP contribution is -2.27. The number of aromatic nitrogens is 1. The second-order valence-electron chi connectivity index (χ2n) is 3.56. The molecular weight excluding hydrogens is 180 g/mol. The van der Waals surface area contributed by atoms with E-state index in [2.05, 4.69) is 9.72 Å². The first-order chi connectivity index (χ1) is 6.42. The molecule has 0 aliphatic heterocycles. The maximum Gasteiger partial charge on any atom is 0.405 e. The third kappa shape index (κ3) is 10.4. The number of hydrogen-bond acceptors (Lipinski definition) is 3. The predicted molar refractivity (Wildman–Crippen MR) is 54.7 cm³/mol. The molecule has 0 atom stereocenters. The van der Waals surface area contributed by atoms with Gasteiger partial charge in [-0.15, -0.1) is 0 Å². The quantitative estimate of drug-likeness (QED) is 0.689. The molecule has 1 aromatic heterocycles. The summed E-state index contributed by atoms with van der Waals surface area (Å²) in [6, 6.07) is 5.72. The molecule has 2 N–H and O–H groups in total. The van der Waals surface area contributed by atoms with E-state index in [1.54, 1.807) is 33.2 Å². The molecule has 0 aliphatic rings. The van der Waals surface area contributed by atoms with Crippen molar-refractivity contribution in [1.82, 2.24) is 4.98 Å². The summed E-state index contributed by atoms with van der Waals surface area (Å²) >= 11 is 0. The van der Waals surface area contributed by atoms with E-state index in [1.165, 1.54) is 0 Å². The molecule has 14 heavy (non-hydrogen) atoms. The molecule has 0 aliphatic carbocycles. The highest BCUT2D eigenvalue weighted by atomic mass is 16.6. The van der Waals surface area contributed by atoms with Crippen molar-refractivity contribution in [3.63, 3.8) is 0 Å². The molecule has 78 valence electrons. The van der Waals surface area contributed by atoms with E-state index in [0.29, 0.717) is 0 Å². The maximum atomic E-state index is 10.0. The van der Waals surface area contributed by atoms with Crippen molar-refractivity contribution in [2.75, 3.05) is 0 Å². The Morgan fingerprint density at radius 3 is 1.79 bits per heavy atom. The van der Waals surface area contributed by atoms with Crippen LogP contribution in [0.4, 0.5) is 4.79 Å². The molecule has 4 heteroatoms. The first-order valence-electron chi connectivity index (χ1n) is 4.25. The normalized spacial score (nSPS) is 9.64. The number of carbonyl (C=O) groups excluding carboxylic acids is 1. The van der Waals surface area contributed by atoms with Crippen LogP contribution in [0.25, 0.3) is 0 Å². The van der Waals surface area contributed by atoms with Gasteiger partial charge in [0.1, 0.15) is 5.60 Å². The van der Waals surface area contributed by atoms with Crippen molar-refractivity contribution in [3.8, 4) is 0 Å². The van der Waals surface area contributed by atoms with Crippen LogP contribution in [0.3, 0.4) is 0 Å². The minimum Gasteiger partial charge on any atom is -0.444 e. The fourth-order valence-electron chi connectivity index (χ4n) is 0.614. The minimum atomic E-state index is -0.725. The monoisotopic (exact) mass is 196 g/mol. The smallest absolute Gasteiger partial charge is 0.405 e. The molecule has 1 aromatic rings. The summed E-state index contributed by atoms with van der Waals surface area (Å²) in [6.45, 7) is 5.28. The van der Waals surface area contributed by atoms with Gasteiger partial charge in [0.2, 0.25) is 0 Å². The highest BCUT2D eigenvalue weighted by molar-refractivity contribution is 5.65. The van der Waals surface area contributed by atoms with Crippen LogP contribution in [-0.2, 0) is 4.74 Å². The molecule has 1 amide bonds. The van der Waals surface area contributed by atoms with Crippen molar-refractivity contribution in [2.45, 2.75) is 26.4 Å². The fourth-order valence-corrected chi connectivity index (χ4v) is 0.614. The number of carbonyl (C=O) groups is 1. The van der Waals surface area contributed by atoms with Crippen molar-refractivity contribution in [3.05, 3.63) is 30.6 Å². The zero-order valence-corrected chi connectivity index (χ0v) is 8.73. The highest BCUT2D eigenvalue weighted by Crippen LogP contribution is 2.04. The van der Waals surface area contributed by atoms with Gasteiger partial charge in [-0.2, -0.15) is 0 Å². The third-order valence-electron chi connectivity index (χ3n) is 0.973. The Kier molecular flexibility index (Phi) is 5.29. The Morgan fingerprint density at radius 1 is 1.21 bits per heavy atom. The third-order valence-corrected chi connectivity index (χ3v) is 0.973. The van der Waals surface area contributed by atoms with Crippen LogP contribution in [0.2, 0.25) is 0 Å². The molecule has 1 heterocycles. The van der Waals surface area contributed by atoms with Gasteiger partial charge >= 0.3 is 6.09 Å². The van der Waals surface area contributed by atoms with Gasteiger partial charge in [-0.1, -0.05) is 6.07 Å². The van der Waals surface area contributed by atoms with E-state index in [1.807, 2.05) is 18.2 Å². The van der Waals surface area contributed by atoms with Gasteiger partial charge in [-0.3, -0.25) is 4.98 Å². The molecule has 4 nitrogen and oxygen atoms in total. The summed E-state index contributed by atoms with van der Waals surface area (Å²) in [5.41, 5.74) is 4.26. The van der Waals surface area contributed by atoms with Crippen LogP contribution in [0.1, 0.15) is 20.8 Å². The molecule has 0 aromatic carbocycles. The summed E-state index contributed by atoms with van der Waals surface area (Å²) in [5.74, 6) is 0. The molecule has 0 saturated carbocycles. The van der Waals surface area contributed by atoms with Crippen LogP contribution in [-0.4, -0.2) is 16.7 Å². The van der Waals surface area contributed by atoms with Crippen LogP contribution in [0, 0.1) is 0 Å². The zero-order chi connectivity index (χ0) is 11.0. The van der Waals surface area contributed by atoms with Gasteiger partial charge in [0, 0.05) is 12.4 Å². The van der Waals surface area contributed by atoms with Crippen molar-refractivity contribution in [1.29, 1.82) is 0 Å². The summed E-state index contributed by atoms with van der Waals surface area (Å²) < 4.78 is 4.58. The van der Waals surface area contributed by atoms with E-state index in [-0.39, 0.29) is 0 Å². The highest BCUT2D eigenvalue weighted by Gasteiger charge is 2.12. The Morgan fingerprint density at radius 2 is 1.71 bits per heavy atom. The lowest BCUT2D eigenvalue weighted by atomic mass is 10.2. The first kappa shape index (κ1) is 12.4. The maximum absolute atomic E-state index is 10.0. The van der Waals surface area contributed by atoms with Gasteiger partial charge in [0.25, 0.3) is 0 Å². The van der Waals surface area contributed by atoms with Gasteiger partial charge in [0.05, 0.1) is 0 Å². The number of primary amides is 1. The van der Waals surface area contributed by atoms with Gasteiger partial charge in [-0.25, -0.2) is 4.79 Å². The van der Waals surface area contributed by atoms with E-state index in [4.69, 9.17) is 5.73 Å². The molecule has 0 fully saturated rings. The number of pyridine rings is 1. The van der Waals surface area contributed by atoms with Crippen molar-refractivity contribution < 1.29 is 9.53 Å². The Bertz CT molecular complexity index is 228. The number of hydrogen-bond donors (Lipinski definition) is 1. The van der Waals surface area contributed by atoms with E-state index in [9.17, 15) is 4.79 Å². The second kappa shape index (κ2) is 5.96. The van der Waals surface area contributed by atoms with Crippen molar-refractivity contribution >= 4 is 6.09 Å². The van der Waals surface area contributed by atoms with E-state index in [0.717, 1.165) is 0 Å². The molecular formula is C10H16N2O2. The van der Waals surface area contributed by atoms with E-state index < -0.39 is 11.7 Å². The zero-order valence-electron chi connectivity index (χ0n) is 8.73. The molecule has 0 spiro atoms. The number of nitrogens with zero attached hydrogens (tertiary/aromatic N) is 1. The number of amides is 1. The standard InChI is InChI=1S/C5H11NO2.C5H5N/c1-5(2,3)8-4(6)7;1-2-4-6-5-3-1/h1-3H3,(H2,6,7);1-5H. The molecule has 0 unspecified atom stereocenters. The van der Waals surface area contributed by atoms with Gasteiger partial charge in [0.15, 0.2) is 0 Å². The van der Waals surface area contributed by atoms with Gasteiger partial charge < -0.3 is 10.5 Å². The van der Waals surface area contributed by atoms with Crippen LogP contribution in [0.5, 0.6) is 0 Å². The average molecular weight is 196 g/mol. The lowest BCUT2D eigenvalue weighted by molar-refractivity contribution is 0.0600. The van der Waals surface area contributed by atoms with Crippen LogP contribution in [0.15, 0.2) is 30.6 Å². The first-order valence-corrected chi connectivity index (χ1v) is 4.25. The molecule has 0 saturated heterocycles. The van der Waals surface area contributed by atoms with E-state index >= 15 is 0 Å². The summed E-state index contributed by atoms with van der Waals surface area (Å²) in [6.07, 6.45) is 2.78. The number of ether oxygens (including phenoxy) is 1. The second-order valence-corrected chi connectivity index (χ2v) is 3.56. The largest absolute Gasteiger partial charge is 0.444 e. The fraction of sp³-hybridized carbons (Fsp3) is 0.400. The van der Waals surface area contributed by atoms with Crippen LogP contribution < -0.4 is 5.73 Å². The summed E-state index contributed by atoms with van der Waals surface area (Å²) in [4.78, 5) is 13.8.